The summed E-state index contributed by atoms with van der Waals surface area (Å²) in [6, 6.07) is 0.667. The zero-order chi connectivity index (χ0) is 14.6. The van der Waals surface area contributed by atoms with E-state index in [2.05, 4.69) is 37.9 Å². The van der Waals surface area contributed by atoms with Crippen LogP contribution in [0.5, 0.6) is 0 Å². The number of likely N-dealkylation sites (tertiary alicyclic amines) is 1. The van der Waals surface area contributed by atoms with Gasteiger partial charge in [0.2, 0.25) is 0 Å². The summed E-state index contributed by atoms with van der Waals surface area (Å²) in [5.74, 6) is 1.86. The Morgan fingerprint density at radius 1 is 1.10 bits per heavy atom. The van der Waals surface area contributed by atoms with E-state index in [0.29, 0.717) is 11.6 Å². The number of nitrogens with zero attached hydrogens (tertiary/aromatic N) is 1. The first-order valence-corrected chi connectivity index (χ1v) is 9.08. The van der Waals surface area contributed by atoms with Gasteiger partial charge in [-0.3, -0.25) is 4.90 Å². The third-order valence-corrected chi connectivity index (χ3v) is 5.98. The van der Waals surface area contributed by atoms with Gasteiger partial charge in [-0.2, -0.15) is 0 Å². The van der Waals surface area contributed by atoms with Gasteiger partial charge in [0.05, 0.1) is 0 Å². The topological polar surface area (TPSA) is 15.3 Å². The van der Waals surface area contributed by atoms with E-state index in [-0.39, 0.29) is 0 Å². The van der Waals surface area contributed by atoms with E-state index in [1.165, 1.54) is 58.0 Å². The molecule has 1 aliphatic heterocycles. The quantitative estimate of drug-likeness (QED) is 0.789. The average Bonchev–Trinajstić information content (AvgIpc) is 2.99. The van der Waals surface area contributed by atoms with E-state index in [4.69, 9.17) is 0 Å². The number of nitrogens with one attached hydrogen (secondary N) is 1. The second kappa shape index (κ2) is 7.26. The molecule has 0 amide bonds. The Morgan fingerprint density at radius 3 is 2.40 bits per heavy atom. The third kappa shape index (κ3) is 3.57. The van der Waals surface area contributed by atoms with Crippen molar-refractivity contribution in [1.82, 2.24) is 10.2 Å². The van der Waals surface area contributed by atoms with Crippen molar-refractivity contribution in [3.63, 3.8) is 0 Å². The highest BCUT2D eigenvalue weighted by molar-refractivity contribution is 4.99. The van der Waals surface area contributed by atoms with Crippen molar-refractivity contribution in [3.05, 3.63) is 0 Å². The summed E-state index contributed by atoms with van der Waals surface area (Å²) in [6.45, 7) is 13.3. The molecule has 0 aromatic rings. The minimum absolute atomic E-state index is 0.312. The molecule has 1 N–H and O–H groups in total. The Bertz CT molecular complexity index is 281. The molecule has 20 heavy (non-hydrogen) atoms. The summed E-state index contributed by atoms with van der Waals surface area (Å²) in [4.78, 5) is 2.75. The fraction of sp³-hybridized carbons (Fsp3) is 1.00. The summed E-state index contributed by atoms with van der Waals surface area (Å²) in [5.41, 5.74) is 0.312. The molecule has 1 aliphatic carbocycles. The van der Waals surface area contributed by atoms with Crippen LogP contribution in [0.1, 0.15) is 72.6 Å². The maximum atomic E-state index is 3.87. The van der Waals surface area contributed by atoms with Gasteiger partial charge in [0.1, 0.15) is 0 Å². The smallest absolute Gasteiger partial charge is 0.0308 e. The molecular weight excluding hydrogens is 244 g/mol. The molecular formula is C18H36N2. The predicted molar refractivity (Wildman–Crippen MR) is 88.1 cm³/mol. The number of rotatable bonds is 6. The van der Waals surface area contributed by atoms with Crippen molar-refractivity contribution in [3.8, 4) is 0 Å². The van der Waals surface area contributed by atoms with Crippen LogP contribution in [0.15, 0.2) is 0 Å². The lowest BCUT2D eigenvalue weighted by Crippen LogP contribution is -2.60. The first-order chi connectivity index (χ1) is 9.59. The molecule has 1 saturated heterocycles. The van der Waals surface area contributed by atoms with Crippen molar-refractivity contribution in [1.29, 1.82) is 0 Å². The van der Waals surface area contributed by atoms with Gasteiger partial charge in [-0.1, -0.05) is 33.1 Å². The zero-order valence-corrected chi connectivity index (χ0v) is 14.3. The van der Waals surface area contributed by atoms with Gasteiger partial charge >= 0.3 is 0 Å². The minimum Gasteiger partial charge on any atom is -0.312 e. The van der Waals surface area contributed by atoms with Crippen LogP contribution in [0.2, 0.25) is 0 Å². The summed E-state index contributed by atoms with van der Waals surface area (Å²) in [6.07, 6.45) is 9.96. The van der Waals surface area contributed by atoms with Crippen molar-refractivity contribution >= 4 is 0 Å². The van der Waals surface area contributed by atoms with Gasteiger partial charge in [-0.15, -0.1) is 0 Å². The maximum absolute atomic E-state index is 3.87. The molecule has 2 aliphatic rings. The lowest BCUT2D eigenvalue weighted by Gasteiger charge is -2.48. The first-order valence-electron chi connectivity index (χ1n) is 9.08. The van der Waals surface area contributed by atoms with Gasteiger partial charge in [0.25, 0.3) is 0 Å². The van der Waals surface area contributed by atoms with E-state index in [9.17, 15) is 0 Å². The van der Waals surface area contributed by atoms with Crippen molar-refractivity contribution < 1.29 is 0 Å². The Labute approximate surface area is 126 Å². The molecule has 118 valence electrons. The average molecular weight is 280 g/mol. The lowest BCUT2D eigenvalue weighted by molar-refractivity contribution is 0.0572. The zero-order valence-electron chi connectivity index (χ0n) is 14.3. The molecule has 0 bridgehead atoms. The summed E-state index contributed by atoms with van der Waals surface area (Å²) >= 11 is 0. The molecule has 2 fully saturated rings. The normalized spacial score (nSPS) is 30.6. The summed E-state index contributed by atoms with van der Waals surface area (Å²) in [7, 11) is 0. The van der Waals surface area contributed by atoms with E-state index < -0.39 is 0 Å². The third-order valence-electron chi connectivity index (χ3n) is 5.98. The number of likely N-dealkylation sites (N-methyl/N-ethyl adjacent to an activating group) is 1. The minimum atomic E-state index is 0.312. The molecule has 2 heteroatoms. The van der Waals surface area contributed by atoms with Gasteiger partial charge in [-0.05, 0) is 71.0 Å². The number of hydrogen-bond acceptors (Lipinski definition) is 2. The lowest BCUT2D eigenvalue weighted by atomic mass is 9.71. The van der Waals surface area contributed by atoms with E-state index >= 15 is 0 Å². The molecule has 1 heterocycles. The molecule has 3 unspecified atom stereocenters. The van der Waals surface area contributed by atoms with Crippen molar-refractivity contribution in [2.45, 2.75) is 84.2 Å². The van der Waals surface area contributed by atoms with Crippen molar-refractivity contribution in [2.75, 3.05) is 19.6 Å². The fourth-order valence-electron chi connectivity index (χ4n) is 4.71. The summed E-state index contributed by atoms with van der Waals surface area (Å²) < 4.78 is 0. The second-order valence-corrected chi connectivity index (χ2v) is 7.58. The maximum Gasteiger partial charge on any atom is 0.0308 e. The highest BCUT2D eigenvalue weighted by Gasteiger charge is 2.41. The van der Waals surface area contributed by atoms with E-state index in [1.807, 2.05) is 0 Å². The Balaban J connectivity index is 2.08. The van der Waals surface area contributed by atoms with Crippen LogP contribution < -0.4 is 5.32 Å². The molecule has 1 saturated carbocycles. The first kappa shape index (κ1) is 16.3. The van der Waals surface area contributed by atoms with Crippen LogP contribution in [-0.4, -0.2) is 36.1 Å². The van der Waals surface area contributed by atoms with E-state index in [1.54, 1.807) is 0 Å². The highest BCUT2D eigenvalue weighted by Crippen LogP contribution is 2.38. The van der Waals surface area contributed by atoms with Gasteiger partial charge in [0, 0.05) is 11.6 Å². The molecule has 0 aromatic carbocycles. The Morgan fingerprint density at radius 2 is 1.80 bits per heavy atom. The molecule has 0 radical (unpaired) electrons. The summed E-state index contributed by atoms with van der Waals surface area (Å²) in [5, 5.41) is 3.87. The SMILES string of the molecule is CCNC(C1CCCC(CC)C1)C(C)(C)N1CCCC1. The highest BCUT2D eigenvalue weighted by atomic mass is 15.2. The van der Waals surface area contributed by atoms with Gasteiger partial charge in [0.15, 0.2) is 0 Å². The van der Waals surface area contributed by atoms with Gasteiger partial charge < -0.3 is 5.32 Å². The van der Waals surface area contributed by atoms with Crippen LogP contribution in [0, 0.1) is 11.8 Å². The van der Waals surface area contributed by atoms with Crippen LogP contribution in [-0.2, 0) is 0 Å². The van der Waals surface area contributed by atoms with Crippen LogP contribution in [0.4, 0.5) is 0 Å². The molecule has 2 nitrogen and oxygen atoms in total. The molecule has 3 atom stereocenters. The molecule has 2 rings (SSSR count). The largest absolute Gasteiger partial charge is 0.312 e. The molecule has 0 aromatic heterocycles. The fourth-order valence-corrected chi connectivity index (χ4v) is 4.71. The monoisotopic (exact) mass is 280 g/mol. The van der Waals surface area contributed by atoms with Crippen LogP contribution in [0.25, 0.3) is 0 Å². The predicted octanol–water partition coefficient (Wildman–Crippen LogP) is 4.06. The van der Waals surface area contributed by atoms with Crippen molar-refractivity contribution in [2.24, 2.45) is 11.8 Å². The Kier molecular flexibility index (Phi) is 5.92. The molecule has 0 spiro atoms. The second-order valence-electron chi connectivity index (χ2n) is 7.58. The van der Waals surface area contributed by atoms with Crippen LogP contribution >= 0.6 is 0 Å². The van der Waals surface area contributed by atoms with Crippen LogP contribution in [0.3, 0.4) is 0 Å². The Hall–Kier alpha value is -0.0800. The standard InChI is InChI=1S/C18H36N2/c1-5-15-10-9-11-16(14-15)17(19-6-2)18(3,4)20-12-7-8-13-20/h15-17,19H,5-14H2,1-4H3. The number of hydrogen-bond donors (Lipinski definition) is 1. The van der Waals surface area contributed by atoms with Gasteiger partial charge in [-0.25, -0.2) is 0 Å². The van der Waals surface area contributed by atoms with E-state index in [0.717, 1.165) is 18.4 Å².